The van der Waals surface area contributed by atoms with E-state index in [4.69, 9.17) is 14.2 Å². The lowest BCUT2D eigenvalue weighted by molar-refractivity contribution is -0.241. The molecular weight excluding hydrogens is 354 g/mol. The summed E-state index contributed by atoms with van der Waals surface area (Å²) in [7, 11) is 1.96. The molecule has 0 amide bonds. The Hall–Kier alpha value is -0.980. The van der Waals surface area contributed by atoms with Crippen molar-refractivity contribution in [2.75, 3.05) is 26.8 Å². The van der Waals surface area contributed by atoms with Crippen LogP contribution in [0.15, 0.2) is 24.3 Å². The van der Waals surface area contributed by atoms with Crippen molar-refractivity contribution in [2.24, 2.45) is 0 Å². The third-order valence-electron chi connectivity index (χ3n) is 6.44. The van der Waals surface area contributed by atoms with E-state index in [2.05, 4.69) is 31.2 Å². The topological polar surface area (TPSA) is 51.2 Å². The molecule has 1 aliphatic heterocycles. The summed E-state index contributed by atoms with van der Waals surface area (Å²) in [6, 6.07) is 8.78. The molecule has 28 heavy (non-hydrogen) atoms. The van der Waals surface area contributed by atoms with Gasteiger partial charge in [-0.15, -0.1) is 0 Å². The maximum Gasteiger partial charge on any atom is 0.216 e. The lowest BCUT2D eigenvalue weighted by Gasteiger charge is -2.44. The quantitative estimate of drug-likeness (QED) is 0.649. The Morgan fingerprint density at radius 3 is 2.71 bits per heavy atom. The van der Waals surface area contributed by atoms with E-state index < -0.39 is 6.41 Å². The summed E-state index contributed by atoms with van der Waals surface area (Å²) in [6.45, 7) is 8.24. The number of ether oxygens (including phenoxy) is 3. The van der Waals surface area contributed by atoms with Crippen LogP contribution in [0.2, 0.25) is 0 Å². The highest BCUT2D eigenvalue weighted by atomic mass is 16.7. The van der Waals surface area contributed by atoms with Crippen LogP contribution in [0.1, 0.15) is 64.0 Å². The van der Waals surface area contributed by atoms with Gasteiger partial charge in [-0.05, 0) is 70.5 Å². The van der Waals surface area contributed by atoms with Crippen molar-refractivity contribution in [3.05, 3.63) is 35.4 Å². The number of benzene rings is 1. The average molecular weight is 392 g/mol. The van der Waals surface area contributed by atoms with E-state index in [1.165, 1.54) is 11.1 Å². The first-order chi connectivity index (χ1) is 13.4. The maximum atomic E-state index is 10.7. The SMILES string of the molecule is CCC(C)(C)OC(O)N(C)CC1(CCC2OCCO2)CCCc2ccccc21. The predicted molar refractivity (Wildman–Crippen MR) is 110 cm³/mol. The molecule has 1 aromatic carbocycles. The molecule has 2 aliphatic rings. The van der Waals surface area contributed by atoms with Crippen LogP contribution in [-0.2, 0) is 26.0 Å². The first-order valence-electron chi connectivity index (χ1n) is 10.7. The monoisotopic (exact) mass is 391 g/mol. The molecule has 1 aromatic rings. The van der Waals surface area contributed by atoms with Crippen LogP contribution in [0, 0.1) is 0 Å². The van der Waals surface area contributed by atoms with E-state index in [0.29, 0.717) is 13.2 Å². The van der Waals surface area contributed by atoms with Gasteiger partial charge >= 0.3 is 0 Å². The van der Waals surface area contributed by atoms with Crippen molar-refractivity contribution < 1.29 is 19.3 Å². The van der Waals surface area contributed by atoms with Crippen molar-refractivity contribution in [3.8, 4) is 0 Å². The van der Waals surface area contributed by atoms with E-state index >= 15 is 0 Å². The fourth-order valence-corrected chi connectivity index (χ4v) is 4.49. The summed E-state index contributed by atoms with van der Waals surface area (Å²) < 4.78 is 17.3. The average Bonchev–Trinajstić information content (AvgIpc) is 3.20. The molecule has 3 rings (SSSR count). The smallest absolute Gasteiger partial charge is 0.216 e. The molecule has 2 unspecified atom stereocenters. The van der Waals surface area contributed by atoms with Crippen molar-refractivity contribution in [1.82, 2.24) is 4.90 Å². The summed E-state index contributed by atoms with van der Waals surface area (Å²) in [4.78, 5) is 1.95. The van der Waals surface area contributed by atoms with Gasteiger partial charge < -0.3 is 19.3 Å². The van der Waals surface area contributed by atoms with Crippen molar-refractivity contribution in [2.45, 2.75) is 83.0 Å². The molecule has 1 saturated heterocycles. The molecule has 5 nitrogen and oxygen atoms in total. The Labute approximate surface area is 170 Å². The highest BCUT2D eigenvalue weighted by Crippen LogP contribution is 2.42. The Kier molecular flexibility index (Phi) is 7.16. The number of fused-ring (bicyclic) bond motifs is 1. The molecule has 0 saturated carbocycles. The Morgan fingerprint density at radius 1 is 1.29 bits per heavy atom. The Balaban J connectivity index is 1.79. The summed E-state index contributed by atoms with van der Waals surface area (Å²) in [5, 5.41) is 10.7. The molecule has 158 valence electrons. The van der Waals surface area contributed by atoms with E-state index in [1.807, 2.05) is 25.8 Å². The van der Waals surface area contributed by atoms with Gasteiger partial charge in [0.1, 0.15) is 0 Å². The van der Waals surface area contributed by atoms with E-state index in [0.717, 1.165) is 45.1 Å². The molecular formula is C23H37NO4. The zero-order valence-electron chi connectivity index (χ0n) is 17.9. The van der Waals surface area contributed by atoms with Gasteiger partial charge in [0.2, 0.25) is 6.41 Å². The number of aliphatic hydroxyl groups is 1. The molecule has 5 heteroatoms. The van der Waals surface area contributed by atoms with Gasteiger partial charge in [0.25, 0.3) is 0 Å². The Bertz CT molecular complexity index is 629. The van der Waals surface area contributed by atoms with Crippen LogP contribution in [0.4, 0.5) is 0 Å². The first-order valence-corrected chi connectivity index (χ1v) is 10.7. The van der Waals surface area contributed by atoms with Gasteiger partial charge in [0.15, 0.2) is 6.29 Å². The summed E-state index contributed by atoms with van der Waals surface area (Å²) in [5.41, 5.74) is 2.46. The van der Waals surface area contributed by atoms with Crippen LogP contribution < -0.4 is 0 Å². The Morgan fingerprint density at radius 2 is 2.00 bits per heavy atom. The minimum Gasteiger partial charge on any atom is -0.356 e. The second-order valence-corrected chi connectivity index (χ2v) is 8.97. The highest BCUT2D eigenvalue weighted by molar-refractivity contribution is 5.37. The summed E-state index contributed by atoms with van der Waals surface area (Å²) >= 11 is 0. The van der Waals surface area contributed by atoms with E-state index in [9.17, 15) is 5.11 Å². The van der Waals surface area contributed by atoms with Crippen LogP contribution in [0.5, 0.6) is 0 Å². The number of aryl methyl sites for hydroxylation is 1. The van der Waals surface area contributed by atoms with E-state index in [1.54, 1.807) is 0 Å². The third kappa shape index (κ3) is 5.14. The summed E-state index contributed by atoms with van der Waals surface area (Å²) in [6.07, 6.45) is 5.07. The van der Waals surface area contributed by atoms with Gasteiger partial charge in [0, 0.05) is 12.0 Å². The zero-order chi connectivity index (χ0) is 20.2. The van der Waals surface area contributed by atoms with Gasteiger partial charge in [0.05, 0.1) is 18.8 Å². The molecule has 1 heterocycles. The molecule has 0 radical (unpaired) electrons. The third-order valence-corrected chi connectivity index (χ3v) is 6.44. The van der Waals surface area contributed by atoms with Crippen LogP contribution in [0.3, 0.4) is 0 Å². The van der Waals surface area contributed by atoms with Crippen LogP contribution >= 0.6 is 0 Å². The standard InChI is InChI=1S/C23H37NO4/c1-5-22(2,3)28-21(25)24(4)17-23(14-12-20-26-15-16-27-20)13-8-10-18-9-6-7-11-19(18)23/h6-7,9,11,20-21,25H,5,8,10,12-17H2,1-4H3. The molecule has 1 fully saturated rings. The molecule has 2 atom stereocenters. The van der Waals surface area contributed by atoms with Gasteiger partial charge in [-0.3, -0.25) is 4.90 Å². The van der Waals surface area contributed by atoms with E-state index in [-0.39, 0.29) is 17.3 Å². The molecule has 0 bridgehead atoms. The van der Waals surface area contributed by atoms with Crippen molar-refractivity contribution in [3.63, 3.8) is 0 Å². The normalized spacial score (nSPS) is 24.5. The second kappa shape index (κ2) is 9.23. The van der Waals surface area contributed by atoms with Gasteiger partial charge in [-0.25, -0.2) is 0 Å². The minimum absolute atomic E-state index is 0.0282. The number of nitrogens with zero attached hydrogens (tertiary/aromatic N) is 1. The van der Waals surface area contributed by atoms with Gasteiger partial charge in [-0.1, -0.05) is 31.2 Å². The number of rotatable bonds is 9. The van der Waals surface area contributed by atoms with Crippen molar-refractivity contribution in [1.29, 1.82) is 0 Å². The lowest BCUT2D eigenvalue weighted by Crippen LogP contribution is -2.48. The predicted octanol–water partition coefficient (Wildman–Crippen LogP) is 3.83. The molecule has 0 spiro atoms. The minimum atomic E-state index is -0.917. The largest absolute Gasteiger partial charge is 0.356 e. The zero-order valence-corrected chi connectivity index (χ0v) is 17.9. The fraction of sp³-hybridized carbons (Fsp3) is 0.739. The lowest BCUT2D eigenvalue weighted by atomic mass is 9.67. The number of likely N-dealkylation sites (N-methyl/N-ethyl adjacent to an activating group) is 1. The highest BCUT2D eigenvalue weighted by Gasteiger charge is 2.39. The molecule has 1 N–H and O–H groups in total. The first kappa shape index (κ1) is 21.7. The van der Waals surface area contributed by atoms with Crippen LogP contribution in [0.25, 0.3) is 0 Å². The van der Waals surface area contributed by atoms with Crippen molar-refractivity contribution >= 4 is 0 Å². The number of hydrogen-bond donors (Lipinski definition) is 1. The number of hydrogen-bond acceptors (Lipinski definition) is 5. The molecule has 0 aromatic heterocycles. The van der Waals surface area contributed by atoms with Crippen LogP contribution in [-0.4, -0.2) is 55.1 Å². The number of aliphatic hydroxyl groups excluding tert-OH is 1. The molecule has 1 aliphatic carbocycles. The summed E-state index contributed by atoms with van der Waals surface area (Å²) in [5.74, 6) is 0. The second-order valence-electron chi connectivity index (χ2n) is 8.97. The maximum absolute atomic E-state index is 10.7. The van der Waals surface area contributed by atoms with Gasteiger partial charge in [-0.2, -0.15) is 0 Å². The fourth-order valence-electron chi connectivity index (χ4n) is 4.49.